The maximum Gasteiger partial charge on any atom is 0.312 e. The predicted octanol–water partition coefficient (Wildman–Crippen LogP) is 1.74. The van der Waals surface area contributed by atoms with Gasteiger partial charge in [0.15, 0.2) is 0 Å². The summed E-state index contributed by atoms with van der Waals surface area (Å²) in [5.74, 6) is -1.22. The molecule has 0 saturated carbocycles. The molecule has 0 spiro atoms. The van der Waals surface area contributed by atoms with Gasteiger partial charge in [-0.1, -0.05) is 12.5 Å². The monoisotopic (exact) mass is 234 g/mol. The number of carboxylic acids is 1. The molecule has 2 heterocycles. The highest BCUT2D eigenvalue weighted by molar-refractivity contribution is 5.76. The molecule has 1 unspecified atom stereocenters. The molecule has 0 bridgehead atoms. The smallest absolute Gasteiger partial charge is 0.312 e. The summed E-state index contributed by atoms with van der Waals surface area (Å²) in [6.45, 7) is 2.63. The van der Waals surface area contributed by atoms with Crippen LogP contribution in [0.4, 0.5) is 0 Å². The molecular formula is C13H18N2O2. The molecule has 2 rings (SSSR count). The normalized spacial score (nSPS) is 18.8. The molecule has 1 aliphatic rings. The van der Waals surface area contributed by atoms with Crippen LogP contribution in [0.1, 0.15) is 30.7 Å². The molecular weight excluding hydrogens is 216 g/mol. The van der Waals surface area contributed by atoms with Crippen LogP contribution in [0.15, 0.2) is 24.5 Å². The van der Waals surface area contributed by atoms with Crippen LogP contribution in [0, 0.1) is 0 Å². The molecule has 0 aromatic carbocycles. The molecule has 1 aromatic heterocycles. The summed E-state index contributed by atoms with van der Waals surface area (Å²) in [5.41, 5.74) is 0.797. The van der Waals surface area contributed by atoms with Crippen LogP contribution >= 0.6 is 0 Å². The van der Waals surface area contributed by atoms with Crippen LogP contribution in [-0.2, 0) is 4.79 Å². The second-order valence-corrected chi connectivity index (χ2v) is 4.54. The molecule has 1 aliphatic heterocycles. The fraction of sp³-hybridized carbons (Fsp3) is 0.538. The van der Waals surface area contributed by atoms with Crippen molar-refractivity contribution in [3.8, 4) is 0 Å². The van der Waals surface area contributed by atoms with Gasteiger partial charge in [-0.15, -0.1) is 0 Å². The summed E-state index contributed by atoms with van der Waals surface area (Å²) in [6.07, 6.45) is 6.95. The van der Waals surface area contributed by atoms with Crippen LogP contribution in [-0.4, -0.2) is 40.6 Å². The molecule has 1 N–H and O–H groups in total. The molecule has 1 fully saturated rings. The van der Waals surface area contributed by atoms with Gasteiger partial charge in [-0.05, 0) is 37.6 Å². The van der Waals surface area contributed by atoms with Gasteiger partial charge in [0.05, 0.1) is 5.92 Å². The highest BCUT2D eigenvalue weighted by atomic mass is 16.4. The molecule has 0 radical (unpaired) electrons. The summed E-state index contributed by atoms with van der Waals surface area (Å²) in [4.78, 5) is 17.6. The average Bonchev–Trinajstić information content (AvgIpc) is 2.38. The van der Waals surface area contributed by atoms with E-state index in [1.54, 1.807) is 18.5 Å². The van der Waals surface area contributed by atoms with Gasteiger partial charge in [-0.3, -0.25) is 9.78 Å². The Hall–Kier alpha value is -1.42. The maximum absolute atomic E-state index is 11.3. The molecule has 92 valence electrons. The van der Waals surface area contributed by atoms with Crippen molar-refractivity contribution in [2.24, 2.45) is 0 Å². The van der Waals surface area contributed by atoms with E-state index in [0.717, 1.165) is 18.7 Å². The minimum absolute atomic E-state index is 0.457. The van der Waals surface area contributed by atoms with Crippen LogP contribution in [0.5, 0.6) is 0 Å². The van der Waals surface area contributed by atoms with Crippen molar-refractivity contribution < 1.29 is 9.90 Å². The maximum atomic E-state index is 11.3. The number of hydrogen-bond donors (Lipinski definition) is 1. The zero-order chi connectivity index (χ0) is 12.1. The summed E-state index contributed by atoms with van der Waals surface area (Å²) in [5, 5.41) is 9.30. The zero-order valence-corrected chi connectivity index (χ0v) is 9.88. The summed E-state index contributed by atoms with van der Waals surface area (Å²) < 4.78 is 0. The Balaban J connectivity index is 2.05. The van der Waals surface area contributed by atoms with Crippen molar-refractivity contribution in [3.05, 3.63) is 30.1 Å². The minimum Gasteiger partial charge on any atom is -0.481 e. The van der Waals surface area contributed by atoms with Crippen LogP contribution < -0.4 is 0 Å². The van der Waals surface area contributed by atoms with E-state index in [1.807, 2.05) is 6.07 Å². The number of pyridine rings is 1. The Morgan fingerprint density at radius 3 is 2.76 bits per heavy atom. The third-order valence-electron chi connectivity index (χ3n) is 3.27. The van der Waals surface area contributed by atoms with E-state index in [-0.39, 0.29) is 0 Å². The van der Waals surface area contributed by atoms with Crippen molar-refractivity contribution in [1.29, 1.82) is 0 Å². The standard InChI is InChI=1S/C13H18N2O2/c16-13(17)12(11-5-4-6-14-9-11)10-15-7-2-1-3-8-15/h4-6,9,12H,1-3,7-8,10H2,(H,16,17). The molecule has 1 atom stereocenters. The van der Waals surface area contributed by atoms with Gasteiger partial charge in [0.25, 0.3) is 0 Å². The third kappa shape index (κ3) is 3.27. The van der Waals surface area contributed by atoms with Gasteiger partial charge in [0.1, 0.15) is 0 Å². The number of carboxylic acid groups (broad SMARTS) is 1. The van der Waals surface area contributed by atoms with E-state index in [4.69, 9.17) is 0 Å². The van der Waals surface area contributed by atoms with E-state index in [2.05, 4.69) is 9.88 Å². The third-order valence-corrected chi connectivity index (χ3v) is 3.27. The topological polar surface area (TPSA) is 53.4 Å². The van der Waals surface area contributed by atoms with Crippen molar-refractivity contribution in [2.75, 3.05) is 19.6 Å². The lowest BCUT2D eigenvalue weighted by molar-refractivity contribution is -0.139. The number of carbonyl (C=O) groups is 1. The van der Waals surface area contributed by atoms with Crippen molar-refractivity contribution in [1.82, 2.24) is 9.88 Å². The minimum atomic E-state index is -0.761. The first-order valence-electron chi connectivity index (χ1n) is 6.12. The van der Waals surface area contributed by atoms with Gasteiger partial charge < -0.3 is 10.0 Å². The van der Waals surface area contributed by atoms with Crippen LogP contribution in [0.2, 0.25) is 0 Å². The number of nitrogens with zero attached hydrogens (tertiary/aromatic N) is 2. The first-order chi connectivity index (χ1) is 8.27. The van der Waals surface area contributed by atoms with Gasteiger partial charge in [-0.25, -0.2) is 0 Å². The van der Waals surface area contributed by atoms with E-state index >= 15 is 0 Å². The lowest BCUT2D eigenvalue weighted by Crippen LogP contribution is -2.35. The highest BCUT2D eigenvalue weighted by Gasteiger charge is 2.23. The van der Waals surface area contributed by atoms with Gasteiger partial charge in [0.2, 0.25) is 0 Å². The van der Waals surface area contributed by atoms with E-state index in [9.17, 15) is 9.90 Å². The van der Waals surface area contributed by atoms with Gasteiger partial charge >= 0.3 is 5.97 Å². The van der Waals surface area contributed by atoms with Crippen molar-refractivity contribution >= 4 is 5.97 Å². The lowest BCUT2D eigenvalue weighted by atomic mass is 9.99. The number of rotatable bonds is 4. The van der Waals surface area contributed by atoms with Crippen LogP contribution in [0.3, 0.4) is 0 Å². The first-order valence-corrected chi connectivity index (χ1v) is 6.12. The molecule has 0 aliphatic carbocycles. The predicted molar refractivity (Wildman–Crippen MR) is 64.9 cm³/mol. The fourth-order valence-electron chi connectivity index (χ4n) is 2.31. The Labute approximate surface area is 101 Å². The zero-order valence-electron chi connectivity index (χ0n) is 9.88. The number of piperidine rings is 1. The van der Waals surface area contributed by atoms with Crippen LogP contribution in [0.25, 0.3) is 0 Å². The summed E-state index contributed by atoms with van der Waals surface area (Å²) in [7, 11) is 0. The number of aromatic nitrogens is 1. The Morgan fingerprint density at radius 1 is 1.41 bits per heavy atom. The Kier molecular flexibility index (Phi) is 4.09. The molecule has 1 saturated heterocycles. The second-order valence-electron chi connectivity index (χ2n) is 4.54. The van der Waals surface area contributed by atoms with Gasteiger partial charge in [-0.2, -0.15) is 0 Å². The van der Waals surface area contributed by atoms with E-state index in [1.165, 1.54) is 19.3 Å². The number of hydrogen-bond acceptors (Lipinski definition) is 3. The molecule has 0 amide bonds. The van der Waals surface area contributed by atoms with Crippen molar-refractivity contribution in [3.63, 3.8) is 0 Å². The molecule has 1 aromatic rings. The quantitative estimate of drug-likeness (QED) is 0.862. The largest absolute Gasteiger partial charge is 0.481 e. The Morgan fingerprint density at radius 2 is 2.18 bits per heavy atom. The Bertz CT molecular complexity index is 361. The lowest BCUT2D eigenvalue weighted by Gasteiger charge is -2.28. The second kappa shape index (κ2) is 5.77. The van der Waals surface area contributed by atoms with E-state index in [0.29, 0.717) is 6.54 Å². The molecule has 4 nitrogen and oxygen atoms in total. The fourth-order valence-corrected chi connectivity index (χ4v) is 2.31. The van der Waals surface area contributed by atoms with Crippen molar-refractivity contribution in [2.45, 2.75) is 25.2 Å². The summed E-state index contributed by atoms with van der Waals surface area (Å²) in [6, 6.07) is 3.64. The molecule has 17 heavy (non-hydrogen) atoms. The molecule has 4 heteroatoms. The summed E-state index contributed by atoms with van der Waals surface area (Å²) >= 11 is 0. The number of likely N-dealkylation sites (tertiary alicyclic amines) is 1. The van der Waals surface area contributed by atoms with E-state index < -0.39 is 11.9 Å². The van der Waals surface area contributed by atoms with Gasteiger partial charge in [0, 0.05) is 18.9 Å². The first kappa shape index (κ1) is 12.0. The SMILES string of the molecule is O=C(O)C(CN1CCCCC1)c1cccnc1. The highest BCUT2D eigenvalue weighted by Crippen LogP contribution is 2.19. The average molecular weight is 234 g/mol. The number of aliphatic carboxylic acids is 1.